The molecule has 6 heteroatoms. The van der Waals surface area contributed by atoms with Gasteiger partial charge in [-0.05, 0) is 35.0 Å². The Balaban J connectivity index is 2.62. The second kappa shape index (κ2) is 3.54. The molecule has 0 aromatic carbocycles. The third-order valence-corrected chi connectivity index (χ3v) is 2.34. The van der Waals surface area contributed by atoms with Gasteiger partial charge >= 0.3 is 5.82 Å². The Bertz CT molecular complexity index is 509. The van der Waals surface area contributed by atoms with E-state index >= 15 is 0 Å². The number of nitrogens with zero attached hydrogens (tertiary/aromatic N) is 2. The van der Waals surface area contributed by atoms with Gasteiger partial charge in [-0.1, -0.05) is 0 Å². The van der Waals surface area contributed by atoms with E-state index in [0.29, 0.717) is 21.9 Å². The van der Waals surface area contributed by atoms with Crippen molar-refractivity contribution in [3.63, 3.8) is 0 Å². The van der Waals surface area contributed by atoms with Gasteiger partial charge in [0.2, 0.25) is 0 Å². The van der Waals surface area contributed by atoms with Gasteiger partial charge < -0.3 is 4.42 Å². The molecule has 15 heavy (non-hydrogen) atoms. The molecule has 0 saturated carbocycles. The summed E-state index contributed by atoms with van der Waals surface area (Å²) in [5, 5.41) is 0. The molecule has 78 valence electrons. The van der Waals surface area contributed by atoms with Gasteiger partial charge in [0.05, 0.1) is 0 Å². The number of hydrogen-bond donors (Lipinski definition) is 2. The number of aromatic nitrogens is 2. The standard InChI is InChI=1S/C9H9BrN4O/c1-5-2-3-6(15-5)8-9(11)14(12)4-7(10)13-8/h2-4,11H,12H2,1H3/p+1. The van der Waals surface area contributed by atoms with Crippen molar-refractivity contribution in [1.29, 1.82) is 0 Å². The van der Waals surface area contributed by atoms with E-state index in [1.54, 1.807) is 12.3 Å². The second-order valence-electron chi connectivity index (χ2n) is 3.12. The lowest BCUT2D eigenvalue weighted by Crippen LogP contribution is -2.47. The largest absolute Gasteiger partial charge is 0.459 e. The number of anilines is 1. The predicted octanol–water partition coefficient (Wildman–Crippen LogP) is 0.996. The van der Waals surface area contributed by atoms with Crippen LogP contribution < -0.4 is 16.3 Å². The minimum absolute atomic E-state index is 0.354. The zero-order chi connectivity index (χ0) is 11.0. The van der Waals surface area contributed by atoms with Crippen molar-refractivity contribution >= 4 is 21.7 Å². The fourth-order valence-corrected chi connectivity index (χ4v) is 1.64. The third-order valence-electron chi connectivity index (χ3n) is 1.96. The molecule has 0 saturated heterocycles. The molecule has 0 radical (unpaired) electrons. The van der Waals surface area contributed by atoms with Crippen LogP contribution in [0.2, 0.25) is 0 Å². The number of furan rings is 1. The summed E-state index contributed by atoms with van der Waals surface area (Å²) in [5.41, 5.74) is 6.32. The second-order valence-corrected chi connectivity index (χ2v) is 3.93. The van der Waals surface area contributed by atoms with Crippen molar-refractivity contribution < 1.29 is 9.09 Å². The molecule has 2 aromatic rings. The van der Waals surface area contributed by atoms with E-state index in [1.165, 1.54) is 4.68 Å². The van der Waals surface area contributed by atoms with E-state index in [0.717, 1.165) is 5.76 Å². The number of hydrogen-bond acceptors (Lipinski definition) is 4. The highest BCUT2D eigenvalue weighted by Crippen LogP contribution is 2.24. The number of halogens is 1. The SMILES string of the molecule is Cc1ccc(-c2nc(Br)c[n+](N)c2N)o1. The summed E-state index contributed by atoms with van der Waals surface area (Å²) in [5.74, 6) is 7.40. The van der Waals surface area contributed by atoms with Crippen LogP contribution in [0, 0.1) is 6.92 Å². The van der Waals surface area contributed by atoms with Gasteiger partial charge in [-0.2, -0.15) is 0 Å². The normalized spacial score (nSPS) is 10.5. The van der Waals surface area contributed by atoms with E-state index in [-0.39, 0.29) is 0 Å². The third kappa shape index (κ3) is 1.80. The van der Waals surface area contributed by atoms with Gasteiger partial charge in [-0.3, -0.25) is 11.6 Å². The monoisotopic (exact) mass is 269 g/mol. The van der Waals surface area contributed by atoms with Gasteiger partial charge in [-0.25, -0.2) is 4.98 Å². The van der Waals surface area contributed by atoms with Crippen molar-refractivity contribution in [3.8, 4) is 11.5 Å². The van der Waals surface area contributed by atoms with Crippen LogP contribution >= 0.6 is 15.9 Å². The molecule has 0 spiro atoms. The molecule has 0 aliphatic carbocycles. The van der Waals surface area contributed by atoms with Crippen molar-refractivity contribution in [2.24, 2.45) is 0 Å². The van der Waals surface area contributed by atoms with Crippen molar-refractivity contribution in [3.05, 3.63) is 28.7 Å². The van der Waals surface area contributed by atoms with E-state index in [2.05, 4.69) is 20.9 Å². The summed E-state index contributed by atoms with van der Waals surface area (Å²) in [6.45, 7) is 1.86. The van der Waals surface area contributed by atoms with E-state index < -0.39 is 0 Å². The van der Waals surface area contributed by atoms with Crippen molar-refractivity contribution in [2.45, 2.75) is 6.92 Å². The molecule has 2 heterocycles. The summed E-state index contributed by atoms with van der Waals surface area (Å²) in [6, 6.07) is 3.65. The first kappa shape index (κ1) is 9.97. The lowest BCUT2D eigenvalue weighted by Gasteiger charge is -2.00. The Morgan fingerprint density at radius 2 is 2.20 bits per heavy atom. The average Bonchev–Trinajstić information content (AvgIpc) is 2.58. The minimum atomic E-state index is 0.354. The smallest absolute Gasteiger partial charge is 0.325 e. The number of nitrogen functional groups attached to an aromatic ring is 2. The van der Waals surface area contributed by atoms with E-state index in [4.69, 9.17) is 16.0 Å². The van der Waals surface area contributed by atoms with Crippen LogP contribution in [-0.4, -0.2) is 4.98 Å². The molecule has 5 nitrogen and oxygen atoms in total. The van der Waals surface area contributed by atoms with Crippen LogP contribution in [0.4, 0.5) is 5.82 Å². The quantitative estimate of drug-likeness (QED) is 0.598. The zero-order valence-corrected chi connectivity index (χ0v) is 9.65. The van der Waals surface area contributed by atoms with Crippen LogP contribution in [0.3, 0.4) is 0 Å². The molecule has 0 unspecified atom stereocenters. The summed E-state index contributed by atoms with van der Waals surface area (Å²) in [4.78, 5) is 4.21. The predicted molar refractivity (Wildman–Crippen MR) is 59.1 cm³/mol. The maximum absolute atomic E-state index is 5.79. The average molecular weight is 270 g/mol. The lowest BCUT2D eigenvalue weighted by molar-refractivity contribution is -0.624. The number of nitrogens with two attached hydrogens (primary N) is 2. The first-order valence-electron chi connectivity index (χ1n) is 4.27. The summed E-state index contributed by atoms with van der Waals surface area (Å²) in [7, 11) is 0. The molecule has 0 aliphatic heterocycles. The molecule has 2 rings (SSSR count). The van der Waals surface area contributed by atoms with Crippen LogP contribution in [0.25, 0.3) is 11.5 Å². The number of rotatable bonds is 1. The van der Waals surface area contributed by atoms with Gasteiger partial charge in [0.25, 0.3) is 0 Å². The molecular weight excluding hydrogens is 260 g/mol. The summed E-state index contributed by atoms with van der Waals surface area (Å²) < 4.78 is 7.32. The topological polar surface area (TPSA) is 82.0 Å². The molecule has 2 aromatic heterocycles. The van der Waals surface area contributed by atoms with Crippen LogP contribution in [0.5, 0.6) is 0 Å². The molecule has 0 amide bonds. The Morgan fingerprint density at radius 3 is 2.80 bits per heavy atom. The van der Waals surface area contributed by atoms with Crippen LogP contribution in [0.15, 0.2) is 27.3 Å². The van der Waals surface area contributed by atoms with Gasteiger partial charge in [0, 0.05) is 0 Å². The fraction of sp³-hybridized carbons (Fsp3) is 0.111. The lowest BCUT2D eigenvalue weighted by atomic mass is 10.3. The molecular formula is C9H10BrN4O+. The van der Waals surface area contributed by atoms with Gasteiger partial charge in [0.15, 0.2) is 17.7 Å². The fourth-order valence-electron chi connectivity index (χ4n) is 1.24. The van der Waals surface area contributed by atoms with E-state index in [1.807, 2.05) is 13.0 Å². The van der Waals surface area contributed by atoms with Crippen molar-refractivity contribution in [2.75, 3.05) is 11.6 Å². The first-order valence-corrected chi connectivity index (χ1v) is 5.07. The molecule has 0 aliphatic rings. The van der Waals surface area contributed by atoms with Crippen molar-refractivity contribution in [1.82, 2.24) is 4.98 Å². The first-order chi connectivity index (χ1) is 7.08. The van der Waals surface area contributed by atoms with E-state index in [9.17, 15) is 0 Å². The zero-order valence-electron chi connectivity index (χ0n) is 8.07. The minimum Gasteiger partial charge on any atom is -0.459 e. The van der Waals surface area contributed by atoms with Gasteiger partial charge in [0.1, 0.15) is 10.4 Å². The summed E-state index contributed by atoms with van der Waals surface area (Å²) in [6.07, 6.45) is 1.58. The van der Waals surface area contributed by atoms with Crippen LogP contribution in [0.1, 0.15) is 5.76 Å². The Hall–Kier alpha value is -1.56. The Kier molecular flexibility index (Phi) is 2.36. The maximum Gasteiger partial charge on any atom is 0.325 e. The van der Waals surface area contributed by atoms with Gasteiger partial charge in [-0.15, -0.1) is 4.68 Å². The Morgan fingerprint density at radius 1 is 1.47 bits per heavy atom. The molecule has 0 bridgehead atoms. The maximum atomic E-state index is 5.79. The molecule has 0 fully saturated rings. The molecule has 4 N–H and O–H groups in total. The summed E-state index contributed by atoms with van der Waals surface area (Å²) >= 11 is 3.24. The highest BCUT2D eigenvalue weighted by molar-refractivity contribution is 9.10. The molecule has 0 atom stereocenters. The highest BCUT2D eigenvalue weighted by Gasteiger charge is 2.17. The highest BCUT2D eigenvalue weighted by atomic mass is 79.9. The Labute approximate surface area is 94.8 Å². The van der Waals surface area contributed by atoms with Crippen LogP contribution in [-0.2, 0) is 0 Å². The number of aryl methyl sites for hydroxylation is 1.